The highest BCUT2D eigenvalue weighted by Gasteiger charge is 2.23. The number of aromatic nitrogens is 1. The molecular formula is C50H35FN2. The van der Waals surface area contributed by atoms with Crippen LogP contribution in [0.4, 0.5) is 21.5 Å². The van der Waals surface area contributed by atoms with Crippen molar-refractivity contribution in [3.05, 3.63) is 217 Å². The van der Waals surface area contributed by atoms with Gasteiger partial charge in [-0.3, -0.25) is 0 Å². The van der Waals surface area contributed by atoms with E-state index in [2.05, 4.69) is 34.9 Å². The van der Waals surface area contributed by atoms with Crippen LogP contribution in [0.15, 0.2) is 200 Å². The van der Waals surface area contributed by atoms with Gasteiger partial charge in [0.1, 0.15) is 5.82 Å². The van der Waals surface area contributed by atoms with Crippen molar-refractivity contribution in [1.29, 1.82) is 0 Å². The first kappa shape index (κ1) is 29.7. The average Bonchev–Trinajstić information content (AvgIpc) is 3.59. The molecule has 0 fully saturated rings. The Hall–Kier alpha value is -6.97. The maximum Gasteiger partial charge on any atom is 0.148 e. The van der Waals surface area contributed by atoms with E-state index in [1.807, 2.05) is 169 Å². The molecule has 9 rings (SSSR count). The summed E-state index contributed by atoms with van der Waals surface area (Å²) in [5, 5.41) is 2.12. The van der Waals surface area contributed by atoms with E-state index in [0.717, 1.165) is 61.1 Å². The zero-order valence-electron chi connectivity index (χ0n) is 30.8. The number of hydrogen-bond acceptors (Lipinski definition) is 1. The van der Waals surface area contributed by atoms with Gasteiger partial charge in [-0.2, -0.15) is 0 Å². The first-order chi connectivity index (χ1) is 27.0. The van der Waals surface area contributed by atoms with E-state index in [1.165, 1.54) is 0 Å². The summed E-state index contributed by atoms with van der Waals surface area (Å²) >= 11 is 0. The van der Waals surface area contributed by atoms with Gasteiger partial charge in [-0.05, 0) is 94.5 Å². The minimum absolute atomic E-state index is 0.104. The molecule has 2 nitrogen and oxygen atoms in total. The molecule has 0 aliphatic carbocycles. The Labute approximate surface area is 311 Å². The summed E-state index contributed by atoms with van der Waals surface area (Å²) in [5.74, 6) is -0.355. The molecule has 0 radical (unpaired) electrons. The van der Waals surface area contributed by atoms with Gasteiger partial charge in [-0.15, -0.1) is 0 Å². The van der Waals surface area contributed by atoms with Gasteiger partial charge in [-0.25, -0.2) is 4.39 Å². The summed E-state index contributed by atoms with van der Waals surface area (Å²) in [6.45, 7) is 0. The largest absolute Gasteiger partial charge is 0.309 e. The van der Waals surface area contributed by atoms with Crippen LogP contribution in [0.1, 0.15) is 13.9 Å². The second-order valence-electron chi connectivity index (χ2n) is 13.0. The van der Waals surface area contributed by atoms with Gasteiger partial charge in [0.15, 0.2) is 0 Å². The Morgan fingerprint density at radius 3 is 1.72 bits per heavy atom. The Bertz CT molecular complexity index is 2820. The summed E-state index contributed by atoms with van der Waals surface area (Å²) in [7, 11) is 0. The summed E-state index contributed by atoms with van der Waals surface area (Å²) in [5.41, 5.74) is 9.78. The molecule has 9 aromatic rings. The van der Waals surface area contributed by atoms with E-state index in [-0.39, 0.29) is 17.9 Å². The normalized spacial score (nSPS) is 12.3. The first-order valence-corrected chi connectivity index (χ1v) is 17.7. The molecule has 3 heteroatoms. The smallest absolute Gasteiger partial charge is 0.148 e. The number of hydrogen-bond donors (Lipinski definition) is 0. The number of fused-ring (bicyclic) bond motifs is 3. The SMILES string of the molecule is [2H]/C(=C(/[2H])c1ccc2c(c1)c1ccccc1n2-c1ccccc1)c1ccc(N(c2ccccc2)c2c(F)cc(-c3ccccc3)cc2-c2ccccc2)cc1. The number of halogens is 1. The molecule has 0 aliphatic heterocycles. The third kappa shape index (κ3) is 6.19. The van der Waals surface area contributed by atoms with Gasteiger partial charge in [0.25, 0.3) is 0 Å². The predicted octanol–water partition coefficient (Wildman–Crippen LogP) is 13.9. The lowest BCUT2D eigenvalue weighted by Crippen LogP contribution is -2.13. The summed E-state index contributed by atoms with van der Waals surface area (Å²) in [6, 6.07) is 65.5. The highest BCUT2D eigenvalue weighted by atomic mass is 19.1. The van der Waals surface area contributed by atoms with Gasteiger partial charge in [0.05, 0.1) is 19.5 Å². The minimum Gasteiger partial charge on any atom is -0.309 e. The molecule has 0 N–H and O–H groups in total. The molecule has 0 aliphatic rings. The summed E-state index contributed by atoms with van der Waals surface area (Å²) in [6.07, 6.45) is 0. The number of rotatable bonds is 8. The lowest BCUT2D eigenvalue weighted by atomic mass is 9.95. The number of anilines is 3. The predicted molar refractivity (Wildman–Crippen MR) is 222 cm³/mol. The molecule has 8 aromatic carbocycles. The highest BCUT2D eigenvalue weighted by Crippen LogP contribution is 2.44. The first-order valence-electron chi connectivity index (χ1n) is 18.7. The minimum atomic E-state index is -0.355. The third-order valence-corrected chi connectivity index (χ3v) is 9.66. The number of benzene rings is 8. The average molecular weight is 685 g/mol. The molecule has 1 aromatic heterocycles. The van der Waals surface area contributed by atoms with Crippen molar-refractivity contribution < 1.29 is 7.13 Å². The van der Waals surface area contributed by atoms with Crippen molar-refractivity contribution in [3.8, 4) is 27.9 Å². The molecule has 53 heavy (non-hydrogen) atoms. The van der Waals surface area contributed by atoms with Crippen LogP contribution >= 0.6 is 0 Å². The van der Waals surface area contributed by atoms with E-state index >= 15 is 4.39 Å². The zero-order chi connectivity index (χ0) is 37.3. The molecule has 0 atom stereocenters. The van der Waals surface area contributed by atoms with Crippen LogP contribution in [-0.2, 0) is 0 Å². The molecule has 0 saturated heterocycles. The van der Waals surface area contributed by atoms with Crippen molar-refractivity contribution in [2.45, 2.75) is 0 Å². The van der Waals surface area contributed by atoms with Crippen LogP contribution in [0.25, 0.3) is 61.9 Å². The third-order valence-electron chi connectivity index (χ3n) is 9.66. The lowest BCUT2D eigenvalue weighted by Gasteiger charge is -2.29. The topological polar surface area (TPSA) is 8.17 Å². The van der Waals surface area contributed by atoms with E-state index in [4.69, 9.17) is 0 Å². The Balaban J connectivity index is 1.14. The van der Waals surface area contributed by atoms with Crippen LogP contribution in [0.2, 0.25) is 0 Å². The molecule has 0 bridgehead atoms. The van der Waals surface area contributed by atoms with Crippen molar-refractivity contribution >= 4 is 51.0 Å². The second-order valence-corrected chi connectivity index (χ2v) is 13.0. The maximum atomic E-state index is 16.8. The van der Waals surface area contributed by atoms with Gasteiger partial charge < -0.3 is 9.47 Å². The quantitative estimate of drug-likeness (QED) is 0.145. The van der Waals surface area contributed by atoms with E-state index in [0.29, 0.717) is 16.8 Å². The van der Waals surface area contributed by atoms with Gasteiger partial charge >= 0.3 is 0 Å². The number of nitrogens with zero attached hydrogens (tertiary/aromatic N) is 2. The van der Waals surface area contributed by atoms with E-state index in [1.54, 1.807) is 6.07 Å². The van der Waals surface area contributed by atoms with Crippen LogP contribution in [-0.4, -0.2) is 4.57 Å². The van der Waals surface area contributed by atoms with Crippen molar-refractivity contribution in [2.75, 3.05) is 4.90 Å². The van der Waals surface area contributed by atoms with Crippen LogP contribution in [0, 0.1) is 5.82 Å². The highest BCUT2D eigenvalue weighted by molar-refractivity contribution is 6.10. The summed E-state index contributed by atoms with van der Waals surface area (Å²) < 4.78 is 37.4. The maximum absolute atomic E-state index is 16.8. The zero-order valence-corrected chi connectivity index (χ0v) is 28.8. The molecule has 0 saturated carbocycles. The molecule has 0 unspecified atom stereocenters. The van der Waals surface area contributed by atoms with Crippen molar-refractivity contribution in [1.82, 2.24) is 4.57 Å². The fraction of sp³-hybridized carbons (Fsp3) is 0. The fourth-order valence-electron chi connectivity index (χ4n) is 7.19. The Morgan fingerprint density at radius 1 is 0.453 bits per heavy atom. The molecular weight excluding hydrogens is 648 g/mol. The van der Waals surface area contributed by atoms with E-state index in [9.17, 15) is 2.74 Å². The van der Waals surface area contributed by atoms with Crippen LogP contribution < -0.4 is 4.90 Å². The Morgan fingerprint density at radius 2 is 1.00 bits per heavy atom. The van der Waals surface area contributed by atoms with Crippen LogP contribution in [0.5, 0.6) is 0 Å². The standard InChI is InChI=1S/C50H35FN2/c51-47-35-40(38-15-5-1-6-16-38)34-45(39-17-7-2-8-18-39)50(47)52(41-19-9-3-10-20-41)43-30-27-36(28-31-43)25-26-37-29-32-49-46(33-37)44-23-13-14-24-48(44)53(49)42-21-11-4-12-22-42/h1-35H/b26-25+/i25D,26D. The molecule has 1 heterocycles. The lowest BCUT2D eigenvalue weighted by molar-refractivity contribution is 0.630. The van der Waals surface area contributed by atoms with E-state index < -0.39 is 0 Å². The van der Waals surface area contributed by atoms with Gasteiger partial charge in [-0.1, -0.05) is 146 Å². The number of para-hydroxylation sites is 3. The van der Waals surface area contributed by atoms with Crippen molar-refractivity contribution in [2.24, 2.45) is 0 Å². The van der Waals surface area contributed by atoms with Crippen LogP contribution in [0.3, 0.4) is 0 Å². The second kappa shape index (κ2) is 14.0. The fourth-order valence-corrected chi connectivity index (χ4v) is 7.19. The van der Waals surface area contributed by atoms with Gasteiger partial charge in [0, 0.05) is 33.4 Å². The van der Waals surface area contributed by atoms with Gasteiger partial charge in [0.2, 0.25) is 0 Å². The summed E-state index contributed by atoms with van der Waals surface area (Å²) in [4.78, 5) is 1.93. The monoisotopic (exact) mass is 684 g/mol. The Kier molecular flexibility index (Phi) is 7.84. The molecule has 0 amide bonds. The molecule has 0 spiro atoms. The molecule has 252 valence electrons. The van der Waals surface area contributed by atoms with Crippen molar-refractivity contribution in [3.63, 3.8) is 0 Å².